The van der Waals surface area contributed by atoms with E-state index in [1.165, 1.54) is 23.3 Å². The van der Waals surface area contributed by atoms with E-state index >= 15 is 0 Å². The Morgan fingerprint density at radius 1 is 0.968 bits per heavy atom. The van der Waals surface area contributed by atoms with Crippen LogP contribution < -0.4 is 5.32 Å². The van der Waals surface area contributed by atoms with Crippen molar-refractivity contribution in [1.82, 2.24) is 9.97 Å². The molecule has 1 aromatic heterocycles. The summed E-state index contributed by atoms with van der Waals surface area (Å²) in [5.41, 5.74) is 6.72. The lowest BCUT2D eigenvalue weighted by atomic mass is 9.78. The van der Waals surface area contributed by atoms with Gasteiger partial charge in [0.1, 0.15) is 5.82 Å². The average molecular weight is 474 g/mol. The maximum absolute atomic E-state index is 13.4. The van der Waals surface area contributed by atoms with Crippen LogP contribution >= 0.6 is 15.9 Å². The van der Waals surface area contributed by atoms with Gasteiger partial charge in [-0.25, -0.2) is 14.4 Å². The number of hydrogen-bond acceptors (Lipinski definition) is 3. The quantitative estimate of drug-likeness (QED) is 0.335. The van der Waals surface area contributed by atoms with Crippen LogP contribution in [0, 0.1) is 5.82 Å². The fraction of sp³-hybridized carbons (Fsp3) is 0.154. The highest BCUT2D eigenvalue weighted by atomic mass is 79.9. The fourth-order valence-corrected chi connectivity index (χ4v) is 4.64. The van der Waals surface area contributed by atoms with Crippen LogP contribution in [-0.2, 0) is 6.42 Å². The second-order valence-electron chi connectivity index (χ2n) is 7.72. The molecule has 1 heterocycles. The van der Waals surface area contributed by atoms with Gasteiger partial charge < -0.3 is 5.32 Å². The lowest BCUT2D eigenvalue weighted by Gasteiger charge is -2.27. The molecule has 0 spiro atoms. The minimum Gasteiger partial charge on any atom is -0.353 e. The van der Waals surface area contributed by atoms with Gasteiger partial charge >= 0.3 is 0 Å². The van der Waals surface area contributed by atoms with Crippen molar-refractivity contribution in [2.24, 2.45) is 0 Å². The molecule has 0 saturated heterocycles. The number of nitrogens with one attached hydrogen (secondary N) is 1. The molecule has 5 rings (SSSR count). The number of nitrogens with zero attached hydrogens (tertiary/aromatic N) is 2. The molecule has 3 aromatic carbocycles. The summed E-state index contributed by atoms with van der Waals surface area (Å²) in [5.74, 6) is 0.568. The van der Waals surface area contributed by atoms with Crippen LogP contribution in [0.3, 0.4) is 0 Å². The normalized spacial score (nSPS) is 15.6. The van der Waals surface area contributed by atoms with Gasteiger partial charge in [-0.15, -0.1) is 0 Å². The summed E-state index contributed by atoms with van der Waals surface area (Å²) < 4.78 is 13.4. The molecule has 1 N–H and O–H groups in total. The first kappa shape index (κ1) is 19.9. The van der Waals surface area contributed by atoms with E-state index in [9.17, 15) is 4.39 Å². The summed E-state index contributed by atoms with van der Waals surface area (Å²) in [7, 11) is 0. The van der Waals surface area contributed by atoms with Gasteiger partial charge in [-0.2, -0.15) is 0 Å². The second-order valence-corrected chi connectivity index (χ2v) is 8.83. The van der Waals surface area contributed by atoms with E-state index in [2.05, 4.69) is 56.6 Å². The first-order valence-electron chi connectivity index (χ1n) is 10.3. The van der Waals surface area contributed by atoms with Crippen molar-refractivity contribution in [3.05, 3.63) is 113 Å². The van der Waals surface area contributed by atoms with Gasteiger partial charge in [-0.1, -0.05) is 82.7 Å². The maximum atomic E-state index is 13.4. The van der Waals surface area contributed by atoms with E-state index in [0.717, 1.165) is 28.8 Å². The maximum Gasteiger partial charge on any atom is 0.223 e. The molecule has 31 heavy (non-hydrogen) atoms. The van der Waals surface area contributed by atoms with E-state index in [4.69, 9.17) is 4.98 Å². The van der Waals surface area contributed by atoms with E-state index in [1.54, 1.807) is 0 Å². The molecule has 5 heteroatoms. The van der Waals surface area contributed by atoms with Crippen molar-refractivity contribution < 1.29 is 4.39 Å². The van der Waals surface area contributed by atoms with E-state index < -0.39 is 0 Å². The predicted octanol–water partition coefficient (Wildman–Crippen LogP) is 6.52. The summed E-state index contributed by atoms with van der Waals surface area (Å²) in [4.78, 5) is 9.60. The summed E-state index contributed by atoms with van der Waals surface area (Å²) in [6, 6.07) is 25.4. The molecule has 0 fully saturated rings. The van der Waals surface area contributed by atoms with Crippen LogP contribution in [0.15, 0.2) is 85.1 Å². The molecule has 3 nitrogen and oxygen atoms in total. The smallest absolute Gasteiger partial charge is 0.223 e. The Balaban J connectivity index is 1.42. The average Bonchev–Trinajstić information content (AvgIpc) is 2.83. The first-order valence-corrected chi connectivity index (χ1v) is 11.2. The van der Waals surface area contributed by atoms with Crippen molar-refractivity contribution in [2.75, 3.05) is 11.9 Å². The van der Waals surface area contributed by atoms with Gasteiger partial charge in [-0.05, 0) is 40.8 Å². The third-order valence-corrected chi connectivity index (χ3v) is 6.61. The highest BCUT2D eigenvalue weighted by Gasteiger charge is 2.27. The van der Waals surface area contributed by atoms with Crippen LogP contribution in [0.25, 0.3) is 11.3 Å². The lowest BCUT2D eigenvalue weighted by Crippen LogP contribution is -2.16. The SMILES string of the molecule is Fc1ccc(C2Cc3cnc(NCC(Br)c4ccccc4)nc3-c3ccccc32)cc1. The zero-order valence-electron chi connectivity index (χ0n) is 16.8. The van der Waals surface area contributed by atoms with E-state index in [0.29, 0.717) is 12.5 Å². The van der Waals surface area contributed by atoms with Crippen molar-refractivity contribution in [3.63, 3.8) is 0 Å². The van der Waals surface area contributed by atoms with Crippen LogP contribution in [0.5, 0.6) is 0 Å². The van der Waals surface area contributed by atoms with Gasteiger partial charge in [0.05, 0.1) is 10.5 Å². The molecular weight excluding hydrogens is 453 g/mol. The summed E-state index contributed by atoms with van der Waals surface area (Å²) in [6.07, 6.45) is 2.71. The number of fused-ring (bicyclic) bond motifs is 3. The Labute approximate surface area is 189 Å². The van der Waals surface area contributed by atoms with Crippen molar-refractivity contribution in [3.8, 4) is 11.3 Å². The van der Waals surface area contributed by atoms with Gasteiger partial charge in [-0.3, -0.25) is 0 Å². The third kappa shape index (κ3) is 4.10. The number of hydrogen-bond donors (Lipinski definition) is 1. The highest BCUT2D eigenvalue weighted by molar-refractivity contribution is 9.09. The molecule has 1 aliphatic carbocycles. The monoisotopic (exact) mass is 473 g/mol. The van der Waals surface area contributed by atoms with Gasteiger partial charge in [0.2, 0.25) is 5.95 Å². The van der Waals surface area contributed by atoms with Gasteiger partial charge in [0.25, 0.3) is 0 Å². The molecule has 154 valence electrons. The Morgan fingerprint density at radius 2 is 1.71 bits per heavy atom. The number of benzene rings is 3. The summed E-state index contributed by atoms with van der Waals surface area (Å²) in [5, 5.41) is 3.36. The molecular formula is C26H21BrFN3. The van der Waals surface area contributed by atoms with Crippen LogP contribution in [0.2, 0.25) is 0 Å². The molecule has 2 atom stereocenters. The largest absolute Gasteiger partial charge is 0.353 e. The number of rotatable bonds is 5. The summed E-state index contributed by atoms with van der Waals surface area (Å²) in [6.45, 7) is 0.683. The van der Waals surface area contributed by atoms with Crippen LogP contribution in [0.4, 0.5) is 10.3 Å². The standard InChI is InChI=1S/C26H21BrFN3/c27-24(18-6-2-1-3-7-18)16-30-26-29-15-19-14-23(17-10-12-20(28)13-11-17)21-8-4-5-9-22(21)25(19)31-26/h1-13,15,23-24H,14,16H2,(H,29,30,31). The molecule has 4 aromatic rings. The zero-order valence-corrected chi connectivity index (χ0v) is 18.4. The molecule has 2 unspecified atom stereocenters. The van der Waals surface area contributed by atoms with Gasteiger partial charge in [0.15, 0.2) is 0 Å². The minimum atomic E-state index is -0.215. The highest BCUT2D eigenvalue weighted by Crippen LogP contribution is 2.41. The van der Waals surface area contributed by atoms with E-state index in [1.807, 2.05) is 42.6 Å². The fourth-order valence-electron chi connectivity index (χ4n) is 4.17. The van der Waals surface area contributed by atoms with Crippen molar-refractivity contribution in [1.29, 1.82) is 0 Å². The van der Waals surface area contributed by atoms with Crippen LogP contribution in [0.1, 0.15) is 33.0 Å². The molecule has 0 radical (unpaired) electrons. The molecule has 0 aliphatic heterocycles. The topological polar surface area (TPSA) is 37.8 Å². The number of alkyl halides is 1. The molecule has 0 saturated carbocycles. The summed E-state index contributed by atoms with van der Waals surface area (Å²) >= 11 is 3.74. The Kier molecular flexibility index (Phi) is 5.51. The Bertz CT molecular complexity index is 1190. The minimum absolute atomic E-state index is 0.164. The zero-order chi connectivity index (χ0) is 21.2. The lowest BCUT2D eigenvalue weighted by molar-refractivity contribution is 0.626. The van der Waals surface area contributed by atoms with E-state index in [-0.39, 0.29) is 16.6 Å². The Hall–Kier alpha value is -3.05. The first-order chi connectivity index (χ1) is 15.2. The molecule has 0 amide bonds. The number of halogens is 2. The number of aromatic nitrogens is 2. The van der Waals surface area contributed by atoms with Gasteiger partial charge in [0, 0.05) is 24.2 Å². The Morgan fingerprint density at radius 3 is 2.52 bits per heavy atom. The molecule has 1 aliphatic rings. The third-order valence-electron chi connectivity index (χ3n) is 5.75. The van der Waals surface area contributed by atoms with Crippen molar-refractivity contribution >= 4 is 21.9 Å². The van der Waals surface area contributed by atoms with Crippen molar-refractivity contribution in [2.45, 2.75) is 17.2 Å². The number of anilines is 1. The molecule has 0 bridgehead atoms. The predicted molar refractivity (Wildman–Crippen MR) is 126 cm³/mol. The van der Waals surface area contributed by atoms with Crippen LogP contribution in [-0.4, -0.2) is 16.5 Å². The second kappa shape index (κ2) is 8.60.